The summed E-state index contributed by atoms with van der Waals surface area (Å²) >= 11 is 0. The zero-order chi connectivity index (χ0) is 13.8. The van der Waals surface area contributed by atoms with Gasteiger partial charge in [0.05, 0.1) is 0 Å². The van der Waals surface area contributed by atoms with Gasteiger partial charge in [-0.1, -0.05) is 49.0 Å². The van der Waals surface area contributed by atoms with Crippen LogP contribution >= 0.6 is 0 Å². The summed E-state index contributed by atoms with van der Waals surface area (Å²) in [5.41, 5.74) is 2.39. The van der Waals surface area contributed by atoms with Crippen LogP contribution in [-0.2, 0) is 4.79 Å². The van der Waals surface area contributed by atoms with Crippen molar-refractivity contribution in [3.63, 3.8) is 0 Å². The Balaban J connectivity index is 2.59. The van der Waals surface area contributed by atoms with Crippen molar-refractivity contribution in [2.24, 2.45) is 0 Å². The van der Waals surface area contributed by atoms with Crippen LogP contribution < -0.4 is 0 Å². The molecule has 2 aromatic rings. The molecule has 0 amide bonds. The SMILES string of the molecule is C=C(C=C(C=O)c1cccc2ccccc12)N(C)C. The first-order valence-electron chi connectivity index (χ1n) is 6.14. The van der Waals surface area contributed by atoms with Gasteiger partial charge in [-0.25, -0.2) is 0 Å². The third-order valence-electron chi connectivity index (χ3n) is 3.12. The first kappa shape index (κ1) is 13.1. The third-order valence-corrected chi connectivity index (χ3v) is 3.12. The van der Waals surface area contributed by atoms with Crippen LogP contribution in [0.5, 0.6) is 0 Å². The Morgan fingerprint density at radius 1 is 1.11 bits per heavy atom. The van der Waals surface area contributed by atoms with E-state index >= 15 is 0 Å². The van der Waals surface area contributed by atoms with E-state index in [0.717, 1.165) is 28.3 Å². The molecule has 0 saturated heterocycles. The summed E-state index contributed by atoms with van der Waals surface area (Å²) in [6, 6.07) is 14.0. The van der Waals surface area contributed by atoms with Crippen LogP contribution in [0.25, 0.3) is 16.3 Å². The fraction of sp³-hybridized carbons (Fsp3) is 0.118. The lowest BCUT2D eigenvalue weighted by Crippen LogP contribution is -2.08. The molecule has 0 spiro atoms. The van der Waals surface area contributed by atoms with Crippen LogP contribution in [-0.4, -0.2) is 25.3 Å². The van der Waals surface area contributed by atoms with E-state index in [1.54, 1.807) is 0 Å². The number of carbonyl (C=O) groups excluding carboxylic acids is 1. The minimum Gasteiger partial charge on any atom is -0.378 e. The van der Waals surface area contributed by atoms with Gasteiger partial charge in [-0.05, 0) is 22.4 Å². The lowest BCUT2D eigenvalue weighted by Gasteiger charge is -2.13. The van der Waals surface area contributed by atoms with E-state index in [-0.39, 0.29) is 0 Å². The van der Waals surface area contributed by atoms with Gasteiger partial charge in [-0.2, -0.15) is 0 Å². The molecule has 19 heavy (non-hydrogen) atoms. The van der Waals surface area contributed by atoms with Crippen LogP contribution in [0, 0.1) is 0 Å². The number of carbonyl (C=O) groups is 1. The third kappa shape index (κ3) is 2.74. The second kappa shape index (κ2) is 5.53. The first-order chi connectivity index (χ1) is 9.13. The minimum atomic E-state index is 0.649. The second-order valence-corrected chi connectivity index (χ2v) is 4.63. The second-order valence-electron chi connectivity index (χ2n) is 4.63. The maximum Gasteiger partial charge on any atom is 0.150 e. The Morgan fingerprint density at radius 2 is 1.79 bits per heavy atom. The fourth-order valence-electron chi connectivity index (χ4n) is 1.96. The molecule has 96 valence electrons. The van der Waals surface area contributed by atoms with E-state index in [0.29, 0.717) is 5.57 Å². The molecular formula is C17H17NO. The molecule has 0 unspecified atom stereocenters. The van der Waals surface area contributed by atoms with E-state index < -0.39 is 0 Å². The summed E-state index contributed by atoms with van der Waals surface area (Å²) in [7, 11) is 3.81. The first-order valence-corrected chi connectivity index (χ1v) is 6.14. The van der Waals surface area contributed by atoms with Crippen LogP contribution in [0.15, 0.2) is 60.8 Å². The molecule has 0 radical (unpaired) electrons. The van der Waals surface area contributed by atoms with Gasteiger partial charge < -0.3 is 4.90 Å². The Kier molecular flexibility index (Phi) is 3.81. The van der Waals surface area contributed by atoms with E-state index in [4.69, 9.17) is 0 Å². The average Bonchev–Trinajstić information content (AvgIpc) is 2.44. The average molecular weight is 251 g/mol. The lowest BCUT2D eigenvalue weighted by molar-refractivity contribution is -0.103. The molecule has 0 bridgehead atoms. The van der Waals surface area contributed by atoms with Gasteiger partial charge in [0.25, 0.3) is 0 Å². The summed E-state index contributed by atoms with van der Waals surface area (Å²) in [5, 5.41) is 2.21. The number of benzene rings is 2. The van der Waals surface area contributed by atoms with Gasteiger partial charge in [0.2, 0.25) is 0 Å². The molecule has 2 heteroatoms. The highest BCUT2D eigenvalue weighted by Gasteiger charge is 2.06. The highest BCUT2D eigenvalue weighted by molar-refractivity contribution is 6.13. The van der Waals surface area contributed by atoms with E-state index in [1.165, 1.54) is 0 Å². The molecule has 2 nitrogen and oxygen atoms in total. The molecule has 0 N–H and O–H groups in total. The van der Waals surface area contributed by atoms with Crippen LogP contribution in [0.1, 0.15) is 5.56 Å². The zero-order valence-electron chi connectivity index (χ0n) is 11.3. The largest absolute Gasteiger partial charge is 0.378 e. The molecule has 0 atom stereocenters. The van der Waals surface area contributed by atoms with Crippen molar-refractivity contribution in [1.29, 1.82) is 0 Å². The summed E-state index contributed by atoms with van der Waals surface area (Å²) in [6.07, 6.45) is 2.70. The summed E-state index contributed by atoms with van der Waals surface area (Å²) in [6.45, 7) is 3.94. The van der Waals surface area contributed by atoms with Gasteiger partial charge >= 0.3 is 0 Å². The van der Waals surface area contributed by atoms with Gasteiger partial charge in [-0.15, -0.1) is 0 Å². The van der Waals surface area contributed by atoms with Crippen LogP contribution in [0.4, 0.5) is 0 Å². The maximum atomic E-state index is 11.4. The number of fused-ring (bicyclic) bond motifs is 1. The van der Waals surface area contributed by atoms with Crippen molar-refractivity contribution < 1.29 is 4.79 Å². The standard InChI is InChI=1S/C17H17NO/c1-13(18(2)3)11-15(12-19)17-10-6-8-14-7-4-5-9-16(14)17/h4-12H,1H2,2-3H3. The van der Waals surface area contributed by atoms with Gasteiger partial charge in [0.1, 0.15) is 0 Å². The number of aldehydes is 1. The minimum absolute atomic E-state index is 0.649. The summed E-state index contributed by atoms with van der Waals surface area (Å²) < 4.78 is 0. The van der Waals surface area contributed by atoms with Gasteiger partial charge in [0.15, 0.2) is 6.29 Å². The number of likely N-dealkylation sites (N-methyl/N-ethyl adjacent to an activating group) is 1. The molecular weight excluding hydrogens is 234 g/mol. The van der Waals surface area contributed by atoms with Crippen LogP contribution in [0.2, 0.25) is 0 Å². The van der Waals surface area contributed by atoms with Crippen molar-refractivity contribution in [3.8, 4) is 0 Å². The van der Waals surface area contributed by atoms with Crippen molar-refractivity contribution >= 4 is 22.6 Å². The van der Waals surface area contributed by atoms with Crippen molar-refractivity contribution in [2.75, 3.05) is 14.1 Å². The van der Waals surface area contributed by atoms with E-state index in [2.05, 4.69) is 6.58 Å². The number of hydrogen-bond donors (Lipinski definition) is 0. The summed E-state index contributed by atoms with van der Waals surface area (Å²) in [5.74, 6) is 0. The quantitative estimate of drug-likeness (QED) is 0.471. The fourth-order valence-corrected chi connectivity index (χ4v) is 1.96. The Labute approximate surface area is 113 Å². The number of allylic oxidation sites excluding steroid dienone is 2. The molecule has 0 aromatic heterocycles. The predicted octanol–water partition coefficient (Wildman–Crippen LogP) is 3.50. The van der Waals surface area contributed by atoms with E-state index in [1.807, 2.05) is 67.5 Å². The number of nitrogens with zero attached hydrogens (tertiary/aromatic N) is 1. The van der Waals surface area contributed by atoms with Gasteiger partial charge in [0, 0.05) is 25.4 Å². The number of rotatable bonds is 4. The highest BCUT2D eigenvalue weighted by Crippen LogP contribution is 2.24. The summed E-state index contributed by atoms with van der Waals surface area (Å²) in [4.78, 5) is 13.3. The Hall–Kier alpha value is -2.35. The topological polar surface area (TPSA) is 20.3 Å². The molecule has 0 aliphatic heterocycles. The van der Waals surface area contributed by atoms with Crippen molar-refractivity contribution in [1.82, 2.24) is 4.90 Å². The number of hydrogen-bond acceptors (Lipinski definition) is 2. The van der Waals surface area contributed by atoms with E-state index in [9.17, 15) is 4.79 Å². The Morgan fingerprint density at radius 3 is 2.47 bits per heavy atom. The lowest BCUT2D eigenvalue weighted by atomic mass is 9.98. The highest BCUT2D eigenvalue weighted by atomic mass is 16.1. The normalized spacial score (nSPS) is 11.4. The molecule has 2 rings (SSSR count). The van der Waals surface area contributed by atoms with Crippen molar-refractivity contribution in [3.05, 3.63) is 66.4 Å². The predicted molar refractivity (Wildman–Crippen MR) is 80.8 cm³/mol. The zero-order valence-corrected chi connectivity index (χ0v) is 11.3. The molecule has 0 saturated carbocycles. The monoisotopic (exact) mass is 251 g/mol. The Bertz CT molecular complexity index is 648. The molecule has 0 fully saturated rings. The van der Waals surface area contributed by atoms with Gasteiger partial charge in [-0.3, -0.25) is 4.79 Å². The molecule has 0 aliphatic carbocycles. The smallest absolute Gasteiger partial charge is 0.150 e. The molecule has 0 heterocycles. The molecule has 0 aliphatic rings. The van der Waals surface area contributed by atoms with Crippen molar-refractivity contribution in [2.45, 2.75) is 0 Å². The molecule has 2 aromatic carbocycles. The maximum absolute atomic E-state index is 11.4. The van der Waals surface area contributed by atoms with Crippen LogP contribution in [0.3, 0.4) is 0 Å².